The smallest absolute Gasteiger partial charge is 0.262 e. The minimum atomic E-state index is -0.812. The Hall–Kier alpha value is -5.82. The van der Waals surface area contributed by atoms with Crippen molar-refractivity contribution < 1.29 is 23.9 Å². The highest BCUT2D eigenvalue weighted by Crippen LogP contribution is 2.33. The van der Waals surface area contributed by atoms with E-state index in [9.17, 15) is 14.4 Å². The zero-order chi connectivity index (χ0) is 41.0. The van der Waals surface area contributed by atoms with Crippen LogP contribution in [0, 0.1) is 11.8 Å². The highest BCUT2D eigenvalue weighted by Gasteiger charge is 2.44. The molecule has 6 heterocycles. The lowest BCUT2D eigenvalue weighted by Gasteiger charge is -2.40. The summed E-state index contributed by atoms with van der Waals surface area (Å²) < 4.78 is 11.9. The van der Waals surface area contributed by atoms with Crippen molar-refractivity contribution in [1.82, 2.24) is 40.2 Å². The summed E-state index contributed by atoms with van der Waals surface area (Å²) >= 11 is 0. The van der Waals surface area contributed by atoms with Gasteiger partial charge in [-0.1, -0.05) is 18.4 Å². The number of fused-ring (bicyclic) bond motifs is 2. The zero-order valence-electron chi connectivity index (χ0n) is 34.1. The third-order valence-electron chi connectivity index (χ3n) is 11.5. The van der Waals surface area contributed by atoms with Crippen LogP contribution in [0.5, 0.6) is 5.75 Å². The predicted octanol–water partition coefficient (Wildman–Crippen LogP) is 3.94. The summed E-state index contributed by atoms with van der Waals surface area (Å²) in [7, 11) is 0. The van der Waals surface area contributed by atoms with Gasteiger partial charge in [-0.25, -0.2) is 9.97 Å². The first-order valence-electron chi connectivity index (χ1n) is 20.6. The van der Waals surface area contributed by atoms with Crippen LogP contribution in [-0.4, -0.2) is 143 Å². The molecule has 2 aromatic carbocycles. The number of allylic oxidation sites excluding steroid dienone is 1. The Morgan fingerprint density at radius 2 is 1.73 bits per heavy atom. The van der Waals surface area contributed by atoms with Gasteiger partial charge in [-0.05, 0) is 70.0 Å². The Morgan fingerprint density at radius 3 is 2.53 bits per heavy atom. The van der Waals surface area contributed by atoms with E-state index in [1.165, 1.54) is 0 Å². The van der Waals surface area contributed by atoms with Gasteiger partial charge >= 0.3 is 0 Å². The van der Waals surface area contributed by atoms with Gasteiger partial charge in [0, 0.05) is 87.7 Å². The van der Waals surface area contributed by atoms with Crippen LogP contribution < -0.4 is 19.9 Å². The van der Waals surface area contributed by atoms with Gasteiger partial charge in [0.15, 0.2) is 0 Å². The van der Waals surface area contributed by atoms with E-state index in [1.54, 1.807) is 18.5 Å². The number of nitrogens with one attached hydrogen (secondary N) is 2. The molecule has 4 aromatic rings. The number of aromatic nitrogens is 4. The maximum Gasteiger partial charge on any atom is 0.262 e. The third-order valence-corrected chi connectivity index (χ3v) is 11.5. The molecule has 0 aliphatic carbocycles. The van der Waals surface area contributed by atoms with Crippen LogP contribution in [0.4, 0.5) is 11.5 Å². The molecule has 15 nitrogen and oxygen atoms in total. The first kappa shape index (κ1) is 40.0. The van der Waals surface area contributed by atoms with Crippen molar-refractivity contribution in [2.24, 2.45) is 0 Å². The lowest BCUT2D eigenvalue weighted by atomic mass is 10.0. The molecular weight excluding hydrogens is 749 g/mol. The molecule has 308 valence electrons. The second kappa shape index (κ2) is 17.6. The number of H-pyrrole nitrogens is 1. The van der Waals surface area contributed by atoms with Gasteiger partial charge in [-0.2, -0.15) is 5.10 Å². The minimum Gasteiger partial charge on any atom is -0.491 e. The molecule has 0 radical (unpaired) electrons. The maximum absolute atomic E-state index is 13.3. The van der Waals surface area contributed by atoms with Gasteiger partial charge in [0.1, 0.15) is 29.6 Å². The molecule has 3 fully saturated rings. The van der Waals surface area contributed by atoms with E-state index in [1.807, 2.05) is 44.2 Å². The Labute approximate surface area is 344 Å². The first-order chi connectivity index (χ1) is 28.6. The van der Waals surface area contributed by atoms with Crippen molar-refractivity contribution in [2.45, 2.75) is 58.2 Å². The number of benzene rings is 2. The van der Waals surface area contributed by atoms with Crippen LogP contribution in [0.25, 0.3) is 22.3 Å². The van der Waals surface area contributed by atoms with E-state index in [4.69, 9.17) is 9.47 Å². The van der Waals surface area contributed by atoms with Crippen LogP contribution in [-0.2, 0) is 9.53 Å². The number of carbonyl (C=O) groups excluding carboxylic acids is 3. The summed E-state index contributed by atoms with van der Waals surface area (Å²) in [6.45, 7) is 18.8. The molecule has 3 saturated heterocycles. The number of piperazine rings is 2. The Morgan fingerprint density at radius 1 is 0.915 bits per heavy atom. The fourth-order valence-electron chi connectivity index (χ4n) is 8.28. The first-order valence-corrected chi connectivity index (χ1v) is 20.6. The van der Waals surface area contributed by atoms with Crippen LogP contribution in [0.15, 0.2) is 61.1 Å². The van der Waals surface area contributed by atoms with Crippen molar-refractivity contribution in [3.05, 3.63) is 72.2 Å². The number of hydrogen-bond acceptors (Lipinski definition) is 12. The van der Waals surface area contributed by atoms with Crippen LogP contribution >= 0.6 is 0 Å². The minimum absolute atomic E-state index is 0.0833. The summed E-state index contributed by atoms with van der Waals surface area (Å²) in [5, 5.41) is 11.3. The van der Waals surface area contributed by atoms with E-state index in [2.05, 4.69) is 70.4 Å². The topological polar surface area (TPSA) is 152 Å². The molecule has 8 rings (SSSR count). The average Bonchev–Trinajstić information content (AvgIpc) is 3.76. The quantitative estimate of drug-likeness (QED) is 0.121. The fraction of sp³-hybridized carbons (Fsp3) is 0.455. The fourth-order valence-corrected chi connectivity index (χ4v) is 8.28. The summed E-state index contributed by atoms with van der Waals surface area (Å²) in [6.07, 6.45) is 3.31. The van der Waals surface area contributed by atoms with Crippen molar-refractivity contribution in [3.8, 4) is 29.0 Å². The molecule has 3 amide bonds. The summed E-state index contributed by atoms with van der Waals surface area (Å²) in [5.41, 5.74) is 4.71. The maximum atomic E-state index is 13.3. The van der Waals surface area contributed by atoms with E-state index in [0.29, 0.717) is 61.9 Å². The average molecular weight is 801 g/mol. The molecule has 15 heteroatoms. The highest BCUT2D eigenvalue weighted by molar-refractivity contribution is 6.23. The second-order valence-corrected chi connectivity index (χ2v) is 15.9. The van der Waals surface area contributed by atoms with E-state index < -0.39 is 17.9 Å². The number of nitrogens with zero attached hydrogens (tertiary/aromatic N) is 8. The number of amides is 3. The van der Waals surface area contributed by atoms with E-state index >= 15 is 0 Å². The van der Waals surface area contributed by atoms with Gasteiger partial charge in [0.25, 0.3) is 11.8 Å². The van der Waals surface area contributed by atoms with Crippen molar-refractivity contribution in [1.29, 1.82) is 0 Å². The lowest BCUT2D eigenvalue weighted by Crippen LogP contribution is -2.53. The van der Waals surface area contributed by atoms with Crippen molar-refractivity contribution in [2.75, 3.05) is 81.9 Å². The number of imide groups is 1. The number of rotatable bonds is 12. The standard InChI is InChI=1S/C44H52N10O5/c1-29(2)59-33-10-12-37-36(25-33)41(49-48-37)38-26-40(46-28-45-38)53-20-19-51(31(4)27-53)21-23-58-22-7-5-6-14-50-15-17-52(18-16-50)32-9-11-34-35(24-32)44(57)54(43(34)56)39-13-8-30(3)47-42(39)55/h9-12,24-26,28-29,31,39H,3,7-8,13-23,27H2,1-2,4H3,(H,47,55)(H,48,49)/t31-,39?/m0/s1. The molecule has 0 saturated carbocycles. The molecule has 4 aliphatic rings. The number of carbonyl (C=O) groups is 3. The summed E-state index contributed by atoms with van der Waals surface area (Å²) in [6, 6.07) is 12.9. The molecule has 4 aliphatic heterocycles. The SMILES string of the molecule is C=C1CCC(N2C(=O)c3ccc(N4CCN(CC#CCCOCCN5CCN(c6cc(-c7n[nH]c8ccc(OC(C)C)cc78)ncn6)C[C@@H]5C)CC4)cc3C2=O)C(=O)N1. The molecule has 1 unspecified atom stereocenters. The lowest BCUT2D eigenvalue weighted by molar-refractivity contribution is -0.125. The van der Waals surface area contributed by atoms with E-state index in [-0.39, 0.29) is 12.0 Å². The van der Waals surface area contributed by atoms with Gasteiger partial charge in [-0.15, -0.1) is 0 Å². The second-order valence-electron chi connectivity index (χ2n) is 15.9. The number of piperidine rings is 1. The predicted molar refractivity (Wildman–Crippen MR) is 225 cm³/mol. The Kier molecular flexibility index (Phi) is 11.9. The molecule has 2 aromatic heterocycles. The van der Waals surface area contributed by atoms with E-state index in [0.717, 1.165) is 96.8 Å². The molecule has 0 spiro atoms. The van der Waals surface area contributed by atoms with Crippen molar-refractivity contribution >= 4 is 40.1 Å². The number of ether oxygens (including phenoxy) is 2. The van der Waals surface area contributed by atoms with Crippen LogP contribution in [0.3, 0.4) is 0 Å². The van der Waals surface area contributed by atoms with Gasteiger partial charge in [0.05, 0.1) is 48.2 Å². The third kappa shape index (κ3) is 8.80. The monoisotopic (exact) mass is 800 g/mol. The van der Waals surface area contributed by atoms with Gasteiger partial charge in [-0.3, -0.25) is 34.2 Å². The molecule has 2 N–H and O–H groups in total. The Balaban J connectivity index is 0.732. The number of aromatic amines is 1. The molecule has 0 bridgehead atoms. The summed E-state index contributed by atoms with van der Waals surface area (Å²) in [5.74, 6) is 7.10. The van der Waals surface area contributed by atoms with Crippen molar-refractivity contribution in [3.63, 3.8) is 0 Å². The highest BCUT2D eigenvalue weighted by atomic mass is 16.5. The van der Waals surface area contributed by atoms with Crippen LogP contribution in [0.1, 0.15) is 60.7 Å². The van der Waals surface area contributed by atoms with Gasteiger partial charge < -0.3 is 24.6 Å². The summed E-state index contributed by atoms with van der Waals surface area (Å²) in [4.78, 5) is 58.6. The van der Waals surface area contributed by atoms with Gasteiger partial charge in [0.2, 0.25) is 5.91 Å². The normalized spacial score (nSPS) is 20.3. The van der Waals surface area contributed by atoms with Crippen LogP contribution in [0.2, 0.25) is 0 Å². The largest absolute Gasteiger partial charge is 0.491 e. The number of anilines is 2. The number of hydrogen-bond donors (Lipinski definition) is 2. The molecule has 2 atom stereocenters. The Bertz CT molecular complexity index is 2290. The zero-order valence-corrected chi connectivity index (χ0v) is 34.1. The molecule has 59 heavy (non-hydrogen) atoms. The molecular formula is C44H52N10O5.